The number of hydrogen-bond donors (Lipinski definition) is 1. The van der Waals surface area contributed by atoms with Crippen molar-refractivity contribution in [3.05, 3.63) is 100 Å². The molecule has 1 saturated heterocycles. The molecule has 40 heavy (non-hydrogen) atoms. The van der Waals surface area contributed by atoms with Gasteiger partial charge in [-0.3, -0.25) is 0 Å². The monoisotopic (exact) mass is 619 g/mol. The Morgan fingerprint density at radius 3 is 2.00 bits per heavy atom. The maximum Gasteiger partial charge on any atom is 0.285 e. The van der Waals surface area contributed by atoms with E-state index in [0.29, 0.717) is 16.6 Å². The summed E-state index contributed by atoms with van der Waals surface area (Å²) in [6.07, 6.45) is 0.477. The lowest BCUT2D eigenvalue weighted by Crippen LogP contribution is -2.49. The van der Waals surface area contributed by atoms with E-state index in [4.69, 9.17) is 33.4 Å². The molecule has 2 heterocycles. The number of halogens is 2. The normalized spacial score (nSPS) is 19.1. The number of primary sulfonamides is 1. The lowest BCUT2D eigenvalue weighted by Gasteiger charge is -2.35. The SMILES string of the molecule is NS(=O)(=O)C1CCN(/C(=N/S(=O)(=O)c2ccc(Cl)cc2)N2CC(c3ccccc3)C(c3ccc(Cl)cc3)=N2)CC1. The van der Waals surface area contributed by atoms with Crippen LogP contribution in [0.5, 0.6) is 0 Å². The first-order chi connectivity index (χ1) is 19.0. The number of rotatable bonds is 5. The molecule has 13 heteroatoms. The number of benzene rings is 3. The minimum atomic E-state index is -4.16. The number of hydrazone groups is 1. The number of piperidine rings is 1. The number of nitrogens with two attached hydrogens (primary N) is 1. The predicted molar refractivity (Wildman–Crippen MR) is 158 cm³/mol. The third-order valence-corrected chi connectivity index (χ3v) is 10.2. The van der Waals surface area contributed by atoms with Crippen molar-refractivity contribution in [1.29, 1.82) is 0 Å². The molecule has 9 nitrogen and oxygen atoms in total. The van der Waals surface area contributed by atoms with E-state index in [1.807, 2.05) is 42.5 Å². The van der Waals surface area contributed by atoms with Gasteiger partial charge in [-0.05, 0) is 60.4 Å². The third-order valence-electron chi connectivity index (χ3n) is 6.99. The number of sulfonamides is 2. The Morgan fingerprint density at radius 1 is 0.850 bits per heavy atom. The van der Waals surface area contributed by atoms with Gasteiger partial charge in [-0.25, -0.2) is 18.6 Å². The average molecular weight is 621 g/mol. The molecule has 2 aliphatic rings. The summed E-state index contributed by atoms with van der Waals surface area (Å²) in [5.41, 5.74) is 2.58. The van der Waals surface area contributed by atoms with E-state index in [2.05, 4.69) is 4.40 Å². The maximum absolute atomic E-state index is 13.5. The minimum absolute atomic E-state index is 0.0190. The molecule has 0 saturated carbocycles. The summed E-state index contributed by atoms with van der Waals surface area (Å²) < 4.78 is 55.1. The summed E-state index contributed by atoms with van der Waals surface area (Å²) >= 11 is 12.1. The van der Waals surface area contributed by atoms with Crippen LogP contribution in [0, 0.1) is 0 Å². The molecule has 0 amide bonds. The molecule has 1 unspecified atom stereocenters. The van der Waals surface area contributed by atoms with Crippen molar-refractivity contribution >= 4 is 54.9 Å². The summed E-state index contributed by atoms with van der Waals surface area (Å²) in [6.45, 7) is 0.814. The molecule has 0 aliphatic carbocycles. The number of nitrogens with zero attached hydrogens (tertiary/aromatic N) is 4. The number of guanidine groups is 1. The predicted octanol–water partition coefficient (Wildman–Crippen LogP) is 4.29. The van der Waals surface area contributed by atoms with Crippen molar-refractivity contribution in [2.24, 2.45) is 14.6 Å². The summed E-state index contributed by atoms with van der Waals surface area (Å²) in [6, 6.07) is 22.9. The van der Waals surface area contributed by atoms with Gasteiger partial charge in [0.1, 0.15) is 0 Å². The van der Waals surface area contributed by atoms with Crippen LogP contribution in [0.4, 0.5) is 0 Å². The zero-order chi connectivity index (χ0) is 28.5. The van der Waals surface area contributed by atoms with Crippen LogP contribution >= 0.6 is 23.2 Å². The van der Waals surface area contributed by atoms with E-state index in [0.717, 1.165) is 16.8 Å². The van der Waals surface area contributed by atoms with Gasteiger partial charge >= 0.3 is 0 Å². The molecule has 0 radical (unpaired) electrons. The van der Waals surface area contributed by atoms with Crippen LogP contribution in [-0.2, 0) is 20.0 Å². The van der Waals surface area contributed by atoms with Crippen LogP contribution in [0.15, 0.2) is 93.3 Å². The fourth-order valence-electron chi connectivity index (χ4n) is 4.87. The third kappa shape index (κ3) is 6.34. The van der Waals surface area contributed by atoms with Gasteiger partial charge in [0.15, 0.2) is 0 Å². The highest BCUT2D eigenvalue weighted by atomic mass is 35.5. The van der Waals surface area contributed by atoms with Crippen molar-refractivity contribution in [3.8, 4) is 0 Å². The zero-order valence-electron chi connectivity index (χ0n) is 21.3. The summed E-state index contributed by atoms with van der Waals surface area (Å²) in [5, 5.41) is 12.2. The molecular weight excluding hydrogens is 593 g/mol. The van der Waals surface area contributed by atoms with Crippen molar-refractivity contribution in [2.45, 2.75) is 28.9 Å². The van der Waals surface area contributed by atoms with Gasteiger partial charge in [0.25, 0.3) is 10.0 Å². The Labute approximate surface area is 244 Å². The maximum atomic E-state index is 13.5. The minimum Gasteiger partial charge on any atom is -0.340 e. The van der Waals surface area contributed by atoms with Crippen LogP contribution in [0.2, 0.25) is 10.0 Å². The Hall–Kier alpha value is -2.96. The van der Waals surface area contributed by atoms with Crippen LogP contribution < -0.4 is 5.14 Å². The molecule has 0 bridgehead atoms. The van der Waals surface area contributed by atoms with Gasteiger partial charge in [-0.15, -0.1) is 4.40 Å². The highest BCUT2D eigenvalue weighted by molar-refractivity contribution is 7.90. The van der Waals surface area contributed by atoms with Crippen molar-refractivity contribution in [3.63, 3.8) is 0 Å². The molecule has 3 aromatic rings. The molecule has 3 aromatic carbocycles. The van der Waals surface area contributed by atoms with Gasteiger partial charge in [-0.1, -0.05) is 65.7 Å². The average Bonchev–Trinajstić information content (AvgIpc) is 3.38. The summed E-state index contributed by atoms with van der Waals surface area (Å²) in [7, 11) is -7.88. The smallest absolute Gasteiger partial charge is 0.285 e. The summed E-state index contributed by atoms with van der Waals surface area (Å²) in [5.74, 6) is -0.0690. The standard InChI is InChI=1S/C27H27Cl2N5O4S2/c28-21-8-6-20(7-9-21)26-25(19-4-2-1-3-5-19)18-34(31-26)27(33-16-14-23(15-17-33)39(30,35)36)32-40(37,38)24-12-10-22(29)11-13-24/h1-13,23,25H,14-18H2,(H2,30,35,36)/b32-27-. The second kappa shape index (κ2) is 11.5. The highest BCUT2D eigenvalue weighted by Crippen LogP contribution is 2.31. The van der Waals surface area contributed by atoms with Crippen molar-refractivity contribution in [1.82, 2.24) is 9.91 Å². The second-order valence-corrected chi connectivity index (χ2v) is 14.0. The van der Waals surface area contributed by atoms with Crippen LogP contribution in [-0.4, -0.2) is 63.3 Å². The number of likely N-dealkylation sites (tertiary alicyclic amines) is 1. The van der Waals surface area contributed by atoms with Gasteiger partial charge in [0.05, 0.1) is 22.4 Å². The molecule has 0 aromatic heterocycles. The lowest BCUT2D eigenvalue weighted by molar-refractivity contribution is 0.291. The van der Waals surface area contributed by atoms with Crippen LogP contribution in [0.25, 0.3) is 0 Å². The molecule has 210 valence electrons. The highest BCUT2D eigenvalue weighted by Gasteiger charge is 2.37. The molecule has 2 aliphatic heterocycles. The van der Waals surface area contributed by atoms with E-state index in [9.17, 15) is 16.8 Å². The topological polar surface area (TPSA) is 126 Å². The summed E-state index contributed by atoms with van der Waals surface area (Å²) in [4.78, 5) is 1.74. The Balaban J connectivity index is 1.58. The van der Waals surface area contributed by atoms with Crippen molar-refractivity contribution in [2.75, 3.05) is 19.6 Å². The largest absolute Gasteiger partial charge is 0.340 e. The van der Waals surface area contributed by atoms with Crippen molar-refractivity contribution < 1.29 is 16.8 Å². The first-order valence-electron chi connectivity index (χ1n) is 12.6. The van der Waals surface area contributed by atoms with E-state index in [1.54, 1.807) is 22.0 Å². The number of hydrogen-bond acceptors (Lipinski definition) is 5. The molecule has 1 fully saturated rings. The van der Waals surface area contributed by atoms with E-state index in [-0.39, 0.29) is 42.7 Å². The van der Waals surface area contributed by atoms with Gasteiger partial charge in [0, 0.05) is 29.1 Å². The van der Waals surface area contributed by atoms with E-state index in [1.165, 1.54) is 24.3 Å². The van der Waals surface area contributed by atoms with Crippen LogP contribution in [0.1, 0.15) is 29.9 Å². The quantitative estimate of drug-likeness (QED) is 0.335. The Morgan fingerprint density at radius 2 is 1.43 bits per heavy atom. The van der Waals surface area contributed by atoms with Crippen LogP contribution in [0.3, 0.4) is 0 Å². The van der Waals surface area contributed by atoms with Gasteiger partial charge < -0.3 is 4.90 Å². The molecule has 1 atom stereocenters. The molecule has 0 spiro atoms. The first-order valence-corrected chi connectivity index (χ1v) is 16.4. The van der Waals surface area contributed by atoms with Gasteiger partial charge in [-0.2, -0.15) is 13.5 Å². The Kier molecular flexibility index (Phi) is 8.21. The first kappa shape index (κ1) is 28.6. The lowest BCUT2D eigenvalue weighted by atomic mass is 9.91. The molecule has 2 N–H and O–H groups in total. The molecule has 5 rings (SSSR count). The van der Waals surface area contributed by atoms with E-state index < -0.39 is 25.3 Å². The fraction of sp³-hybridized carbons (Fsp3) is 0.259. The molecular formula is C27H27Cl2N5O4S2. The Bertz CT molecular complexity index is 1640. The second-order valence-electron chi connectivity index (χ2n) is 9.63. The zero-order valence-corrected chi connectivity index (χ0v) is 24.4. The van der Waals surface area contributed by atoms with E-state index >= 15 is 0 Å². The van der Waals surface area contributed by atoms with Gasteiger partial charge in [0.2, 0.25) is 16.0 Å². The fourth-order valence-corrected chi connectivity index (χ4v) is 7.00.